The minimum Gasteiger partial charge on any atom is -0.370 e. The van der Waals surface area contributed by atoms with Crippen molar-refractivity contribution in [1.29, 1.82) is 5.26 Å². The van der Waals surface area contributed by atoms with Crippen LogP contribution in [0.15, 0.2) is 23.1 Å². The number of anilines is 1. The summed E-state index contributed by atoms with van der Waals surface area (Å²) in [5, 5.41) is 9.13. The molecule has 3 rings (SSSR count). The van der Waals surface area contributed by atoms with Crippen molar-refractivity contribution in [3.63, 3.8) is 0 Å². The molecule has 2 heterocycles. The Hall–Kier alpha value is -2.11. The van der Waals surface area contributed by atoms with Crippen LogP contribution in [0.1, 0.15) is 62.7 Å². The smallest absolute Gasteiger partial charge is 0.253 e. The number of benzene rings is 1. The van der Waals surface area contributed by atoms with Gasteiger partial charge < -0.3 is 9.80 Å². The number of hydrogen-bond acceptors (Lipinski definition) is 5. The van der Waals surface area contributed by atoms with Crippen LogP contribution in [0.25, 0.3) is 0 Å². The van der Waals surface area contributed by atoms with Gasteiger partial charge in [-0.2, -0.15) is 9.57 Å². The van der Waals surface area contributed by atoms with Crippen molar-refractivity contribution >= 4 is 21.6 Å². The minimum absolute atomic E-state index is 0.232. The second-order valence-electron chi connectivity index (χ2n) is 8.57. The first kappa shape index (κ1) is 23.6. The lowest BCUT2D eigenvalue weighted by Crippen LogP contribution is -2.38. The first-order valence-electron chi connectivity index (χ1n) is 11.5. The number of nitriles is 1. The molecule has 0 spiro atoms. The first-order valence-corrected chi connectivity index (χ1v) is 12.9. The van der Waals surface area contributed by atoms with Gasteiger partial charge in [0.25, 0.3) is 5.91 Å². The van der Waals surface area contributed by atoms with E-state index in [1.165, 1.54) is 0 Å². The third-order valence-electron chi connectivity index (χ3n) is 6.22. The molecule has 31 heavy (non-hydrogen) atoms. The molecule has 2 saturated heterocycles. The summed E-state index contributed by atoms with van der Waals surface area (Å²) in [5.74, 6) is -0.516. The Morgan fingerprint density at radius 1 is 1.10 bits per heavy atom. The third-order valence-corrected chi connectivity index (χ3v) is 8.15. The van der Waals surface area contributed by atoms with Gasteiger partial charge in [-0.15, -0.1) is 0 Å². The minimum atomic E-state index is -3.69. The van der Waals surface area contributed by atoms with Gasteiger partial charge in [0, 0.05) is 44.8 Å². The van der Waals surface area contributed by atoms with Gasteiger partial charge in [-0.25, -0.2) is 8.42 Å². The number of amides is 1. The molecule has 0 N–H and O–H groups in total. The Balaban J connectivity index is 2.00. The van der Waals surface area contributed by atoms with Gasteiger partial charge in [-0.3, -0.25) is 4.79 Å². The van der Waals surface area contributed by atoms with E-state index in [4.69, 9.17) is 5.26 Å². The van der Waals surface area contributed by atoms with Crippen LogP contribution in [0.4, 0.5) is 5.69 Å². The van der Waals surface area contributed by atoms with Crippen LogP contribution in [0.2, 0.25) is 0 Å². The predicted molar refractivity (Wildman–Crippen MR) is 121 cm³/mol. The Labute approximate surface area is 186 Å². The largest absolute Gasteiger partial charge is 0.370 e. The van der Waals surface area contributed by atoms with E-state index in [2.05, 4.69) is 11.0 Å². The van der Waals surface area contributed by atoms with E-state index >= 15 is 0 Å². The van der Waals surface area contributed by atoms with Crippen molar-refractivity contribution in [1.82, 2.24) is 9.21 Å². The van der Waals surface area contributed by atoms with E-state index < -0.39 is 10.0 Å². The molecule has 0 aliphatic carbocycles. The fourth-order valence-electron chi connectivity index (χ4n) is 4.40. The molecule has 7 nitrogen and oxygen atoms in total. The molecule has 0 radical (unpaired) electrons. The first-order chi connectivity index (χ1) is 14.9. The molecule has 1 atom stereocenters. The Bertz CT molecular complexity index is 913. The second kappa shape index (κ2) is 10.5. The summed E-state index contributed by atoms with van der Waals surface area (Å²) in [6, 6.07) is 7.27. The predicted octanol–water partition coefficient (Wildman–Crippen LogP) is 3.47. The molecule has 1 aromatic rings. The fourth-order valence-corrected chi connectivity index (χ4v) is 6.16. The van der Waals surface area contributed by atoms with Crippen LogP contribution in [0.3, 0.4) is 0 Å². The van der Waals surface area contributed by atoms with Crippen molar-refractivity contribution < 1.29 is 13.2 Å². The highest BCUT2D eigenvalue weighted by Gasteiger charge is 2.31. The van der Waals surface area contributed by atoms with Gasteiger partial charge in [0.15, 0.2) is 0 Å². The van der Waals surface area contributed by atoms with Crippen LogP contribution in [0.5, 0.6) is 0 Å². The van der Waals surface area contributed by atoms with Gasteiger partial charge in [0.2, 0.25) is 10.0 Å². The summed E-state index contributed by atoms with van der Waals surface area (Å²) in [4.78, 5) is 17.2. The maximum atomic E-state index is 13.6. The highest BCUT2D eigenvalue weighted by Crippen LogP contribution is 2.32. The summed E-state index contributed by atoms with van der Waals surface area (Å²) >= 11 is 0. The lowest BCUT2D eigenvalue weighted by Gasteiger charge is -2.33. The number of carbonyl (C=O) groups is 1. The van der Waals surface area contributed by atoms with Gasteiger partial charge in [0.05, 0.1) is 17.7 Å². The zero-order valence-corrected chi connectivity index (χ0v) is 19.5. The van der Waals surface area contributed by atoms with Crippen molar-refractivity contribution in [2.45, 2.75) is 57.3 Å². The van der Waals surface area contributed by atoms with Crippen molar-refractivity contribution in [3.8, 4) is 6.07 Å². The lowest BCUT2D eigenvalue weighted by molar-refractivity contribution is 0.0752. The second-order valence-corrected chi connectivity index (χ2v) is 10.5. The van der Waals surface area contributed by atoms with Crippen LogP contribution < -0.4 is 4.90 Å². The molecule has 0 bridgehead atoms. The number of nitrogens with zero attached hydrogens (tertiary/aromatic N) is 4. The number of carbonyl (C=O) groups excluding carboxylic acids is 1. The molecule has 0 aromatic heterocycles. The molecule has 2 aliphatic heterocycles. The zero-order valence-electron chi connectivity index (χ0n) is 18.7. The standard InChI is InChI=1S/C23H34N4O3S/c1-3-25(18-19(2)17-24)23(28)20-10-11-21(26-12-6-4-7-13-26)22(16-20)31(29,30)27-14-8-5-9-15-27/h10-11,16,19H,3-9,12-15,18H2,1-2H3. The Morgan fingerprint density at radius 2 is 1.71 bits per heavy atom. The van der Waals surface area contributed by atoms with Gasteiger partial charge >= 0.3 is 0 Å². The van der Waals surface area contributed by atoms with Gasteiger partial charge in [-0.1, -0.05) is 6.42 Å². The zero-order chi connectivity index (χ0) is 22.4. The molecule has 1 amide bonds. The van der Waals surface area contributed by atoms with E-state index in [9.17, 15) is 13.2 Å². The van der Waals surface area contributed by atoms with Crippen LogP contribution in [0, 0.1) is 17.2 Å². The molecule has 0 saturated carbocycles. The average Bonchev–Trinajstić information content (AvgIpc) is 2.82. The number of piperidine rings is 2. The fraction of sp³-hybridized carbons (Fsp3) is 0.652. The van der Waals surface area contributed by atoms with Crippen LogP contribution >= 0.6 is 0 Å². The summed E-state index contributed by atoms with van der Waals surface area (Å²) in [5.41, 5.74) is 1.07. The van der Waals surface area contributed by atoms with Crippen molar-refractivity contribution in [2.24, 2.45) is 5.92 Å². The average molecular weight is 447 g/mol. The Morgan fingerprint density at radius 3 is 2.29 bits per heavy atom. The van der Waals surface area contributed by atoms with Gasteiger partial charge in [-0.05, 0) is 64.2 Å². The molecule has 1 unspecified atom stereocenters. The van der Waals surface area contributed by atoms with E-state index in [-0.39, 0.29) is 16.7 Å². The topological polar surface area (TPSA) is 84.7 Å². The summed E-state index contributed by atoms with van der Waals surface area (Å²) < 4.78 is 28.8. The summed E-state index contributed by atoms with van der Waals surface area (Å²) in [7, 11) is -3.69. The molecule has 8 heteroatoms. The molecular weight excluding hydrogens is 412 g/mol. The normalized spacial score (nSPS) is 18.9. The number of sulfonamides is 1. The highest BCUT2D eigenvalue weighted by molar-refractivity contribution is 7.89. The number of rotatable bonds is 7. The van der Waals surface area contributed by atoms with Crippen molar-refractivity contribution in [2.75, 3.05) is 44.2 Å². The monoisotopic (exact) mass is 446 g/mol. The Kier molecular flexibility index (Phi) is 7.95. The molecule has 1 aromatic carbocycles. The van der Waals surface area contributed by atoms with Crippen LogP contribution in [-0.4, -0.2) is 62.8 Å². The van der Waals surface area contributed by atoms with E-state index in [0.717, 1.165) is 51.6 Å². The van der Waals surface area contributed by atoms with E-state index in [1.54, 1.807) is 34.3 Å². The van der Waals surface area contributed by atoms with E-state index in [1.807, 2.05) is 6.92 Å². The van der Waals surface area contributed by atoms with Crippen molar-refractivity contribution in [3.05, 3.63) is 23.8 Å². The van der Waals surface area contributed by atoms with Crippen LogP contribution in [-0.2, 0) is 10.0 Å². The molecule has 2 fully saturated rings. The SMILES string of the molecule is CCN(CC(C)C#N)C(=O)c1ccc(N2CCCCC2)c(S(=O)(=O)N2CCCCC2)c1. The quantitative estimate of drug-likeness (QED) is 0.640. The lowest BCUT2D eigenvalue weighted by atomic mass is 10.1. The molecule has 2 aliphatic rings. The number of hydrogen-bond donors (Lipinski definition) is 0. The van der Waals surface area contributed by atoms with E-state index in [0.29, 0.717) is 37.4 Å². The maximum Gasteiger partial charge on any atom is 0.253 e. The highest BCUT2D eigenvalue weighted by atomic mass is 32.2. The summed E-state index contributed by atoms with van der Waals surface area (Å²) in [6.07, 6.45) is 6.02. The maximum absolute atomic E-state index is 13.6. The van der Waals surface area contributed by atoms with Gasteiger partial charge in [0.1, 0.15) is 4.90 Å². The third kappa shape index (κ3) is 5.39. The summed E-state index contributed by atoms with van der Waals surface area (Å²) in [6.45, 7) is 7.16. The molecular formula is C23H34N4O3S. The molecule has 170 valence electrons.